The molecule has 0 saturated carbocycles. The van der Waals surface area contributed by atoms with E-state index in [2.05, 4.69) is 25.9 Å². The Morgan fingerprint density at radius 2 is 2.00 bits per heavy atom. The first-order valence-corrected chi connectivity index (χ1v) is 5.07. The van der Waals surface area contributed by atoms with Crippen LogP contribution in [0.3, 0.4) is 0 Å². The van der Waals surface area contributed by atoms with Gasteiger partial charge in [-0.15, -0.1) is 0 Å². The number of halogens is 1. The molecule has 2 nitrogen and oxygen atoms in total. The van der Waals surface area contributed by atoms with E-state index in [4.69, 9.17) is 0 Å². The fourth-order valence-corrected chi connectivity index (χ4v) is 1.51. The maximum atomic E-state index is 4.35. The van der Waals surface area contributed by atoms with Gasteiger partial charge in [-0.25, -0.2) is 0 Å². The zero-order chi connectivity index (χ0) is 9.80. The van der Waals surface area contributed by atoms with E-state index in [0.29, 0.717) is 0 Å². The molecule has 0 saturated heterocycles. The number of aromatic amines is 1. The first-order chi connectivity index (χ1) is 6.86. The predicted molar refractivity (Wildman–Crippen MR) is 62.2 cm³/mol. The van der Waals surface area contributed by atoms with Crippen LogP contribution in [-0.2, 0) is 0 Å². The Labute approximate surface area is 90.8 Å². The van der Waals surface area contributed by atoms with Gasteiger partial charge in [0, 0.05) is 10.7 Å². The maximum Gasteiger partial charge on any atom is 0.0772 e. The minimum atomic E-state index is 0.933. The van der Waals surface area contributed by atoms with Gasteiger partial charge in [-0.2, -0.15) is 0 Å². The molecule has 0 bridgehead atoms. The fraction of sp³-hybridized carbons (Fsp3) is 0. The molecule has 2 aromatic rings. The van der Waals surface area contributed by atoms with Crippen LogP contribution < -0.4 is 0 Å². The van der Waals surface area contributed by atoms with Gasteiger partial charge in [0.15, 0.2) is 0 Å². The van der Waals surface area contributed by atoms with Crippen LogP contribution in [0.2, 0.25) is 0 Å². The van der Waals surface area contributed by atoms with Crippen LogP contribution in [-0.4, -0.2) is 11.2 Å². The molecule has 0 radical (unpaired) electrons. The van der Waals surface area contributed by atoms with E-state index in [1.54, 1.807) is 6.21 Å². The van der Waals surface area contributed by atoms with Gasteiger partial charge in [0.25, 0.3) is 0 Å². The van der Waals surface area contributed by atoms with Crippen molar-refractivity contribution in [1.29, 1.82) is 0 Å². The van der Waals surface area contributed by atoms with Crippen molar-refractivity contribution in [2.45, 2.75) is 0 Å². The highest BCUT2D eigenvalue weighted by Gasteiger charge is 1.93. The standard InChI is InChI=1S/C11H9BrN2/c12-10-5-1-2-6-11(10)14-8-9-4-3-7-13-9/h1-8,13H. The molecular formula is C11H9BrN2. The lowest BCUT2D eigenvalue weighted by Gasteiger charge is -1.95. The van der Waals surface area contributed by atoms with Gasteiger partial charge in [0.2, 0.25) is 0 Å². The Hall–Kier alpha value is -1.35. The molecule has 0 atom stereocenters. The highest BCUT2D eigenvalue weighted by molar-refractivity contribution is 9.10. The van der Waals surface area contributed by atoms with E-state index in [1.165, 1.54) is 0 Å². The van der Waals surface area contributed by atoms with Crippen molar-refractivity contribution in [3.63, 3.8) is 0 Å². The lowest BCUT2D eigenvalue weighted by molar-refractivity contribution is 1.37. The van der Waals surface area contributed by atoms with Crippen molar-refractivity contribution >= 4 is 27.8 Å². The first-order valence-electron chi connectivity index (χ1n) is 4.28. The summed E-state index contributed by atoms with van der Waals surface area (Å²) in [5.74, 6) is 0. The van der Waals surface area contributed by atoms with Crippen molar-refractivity contribution in [3.05, 3.63) is 52.8 Å². The second-order valence-electron chi connectivity index (χ2n) is 2.84. The smallest absolute Gasteiger partial charge is 0.0772 e. The molecular weight excluding hydrogens is 240 g/mol. The second-order valence-corrected chi connectivity index (χ2v) is 3.69. The zero-order valence-corrected chi connectivity index (χ0v) is 9.03. The first kappa shape index (κ1) is 9.21. The summed E-state index contributed by atoms with van der Waals surface area (Å²) in [4.78, 5) is 7.41. The number of H-pyrrole nitrogens is 1. The van der Waals surface area contributed by atoms with Gasteiger partial charge in [-0.3, -0.25) is 4.99 Å². The number of benzene rings is 1. The SMILES string of the molecule is Brc1ccccc1N=Cc1ccc[nH]1. The van der Waals surface area contributed by atoms with E-state index >= 15 is 0 Å². The summed E-state index contributed by atoms with van der Waals surface area (Å²) in [5, 5.41) is 0. The number of hydrogen-bond donors (Lipinski definition) is 1. The highest BCUT2D eigenvalue weighted by atomic mass is 79.9. The average Bonchev–Trinajstić information content (AvgIpc) is 2.69. The van der Waals surface area contributed by atoms with Gasteiger partial charge in [-0.05, 0) is 40.2 Å². The summed E-state index contributed by atoms with van der Waals surface area (Å²) in [6.07, 6.45) is 3.68. The molecule has 70 valence electrons. The molecule has 0 amide bonds. The Bertz CT molecular complexity index is 432. The highest BCUT2D eigenvalue weighted by Crippen LogP contribution is 2.23. The summed E-state index contributed by atoms with van der Waals surface area (Å²) >= 11 is 3.44. The summed E-state index contributed by atoms with van der Waals surface area (Å²) in [5.41, 5.74) is 1.93. The molecule has 0 aliphatic heterocycles. The Morgan fingerprint density at radius 1 is 1.14 bits per heavy atom. The normalized spacial score (nSPS) is 10.9. The van der Waals surface area contributed by atoms with E-state index in [1.807, 2.05) is 42.6 Å². The molecule has 14 heavy (non-hydrogen) atoms. The summed E-state index contributed by atoms with van der Waals surface area (Å²) < 4.78 is 1.00. The predicted octanol–water partition coefficient (Wildman–Crippen LogP) is 3.53. The largest absolute Gasteiger partial charge is 0.360 e. The van der Waals surface area contributed by atoms with Crippen molar-refractivity contribution in [2.75, 3.05) is 0 Å². The average molecular weight is 249 g/mol. The monoisotopic (exact) mass is 248 g/mol. The molecule has 1 aromatic carbocycles. The van der Waals surface area contributed by atoms with Gasteiger partial charge in [0.05, 0.1) is 17.6 Å². The third-order valence-corrected chi connectivity index (χ3v) is 2.49. The van der Waals surface area contributed by atoms with E-state index in [0.717, 1.165) is 15.9 Å². The minimum absolute atomic E-state index is 0.933. The number of nitrogens with one attached hydrogen (secondary N) is 1. The number of rotatable bonds is 2. The molecule has 1 N–H and O–H groups in total. The molecule has 2 rings (SSSR count). The molecule has 1 aromatic heterocycles. The quantitative estimate of drug-likeness (QED) is 0.788. The lowest BCUT2D eigenvalue weighted by Crippen LogP contribution is -1.78. The van der Waals surface area contributed by atoms with Gasteiger partial charge in [-0.1, -0.05) is 12.1 Å². The van der Waals surface area contributed by atoms with Gasteiger partial charge < -0.3 is 4.98 Å². The second kappa shape index (κ2) is 4.24. The molecule has 3 heteroatoms. The number of nitrogens with zero attached hydrogens (tertiary/aromatic N) is 1. The van der Waals surface area contributed by atoms with Crippen LogP contribution in [0.25, 0.3) is 0 Å². The number of aromatic nitrogens is 1. The fourth-order valence-electron chi connectivity index (χ4n) is 1.12. The Kier molecular flexibility index (Phi) is 2.79. The third-order valence-electron chi connectivity index (χ3n) is 1.82. The number of aliphatic imine (C=N–C) groups is 1. The topological polar surface area (TPSA) is 28.1 Å². The Balaban J connectivity index is 2.23. The van der Waals surface area contributed by atoms with Gasteiger partial charge in [0.1, 0.15) is 0 Å². The van der Waals surface area contributed by atoms with Crippen molar-refractivity contribution in [2.24, 2.45) is 4.99 Å². The summed E-state index contributed by atoms with van der Waals surface area (Å²) in [6, 6.07) is 11.8. The van der Waals surface area contributed by atoms with Crippen molar-refractivity contribution in [3.8, 4) is 0 Å². The Morgan fingerprint density at radius 3 is 2.71 bits per heavy atom. The van der Waals surface area contributed by atoms with E-state index in [-0.39, 0.29) is 0 Å². The van der Waals surface area contributed by atoms with Crippen molar-refractivity contribution in [1.82, 2.24) is 4.98 Å². The van der Waals surface area contributed by atoms with Crippen molar-refractivity contribution < 1.29 is 0 Å². The molecule has 0 unspecified atom stereocenters. The third kappa shape index (κ3) is 2.12. The van der Waals surface area contributed by atoms with E-state index < -0.39 is 0 Å². The van der Waals surface area contributed by atoms with Crippen LogP contribution in [0.1, 0.15) is 5.69 Å². The van der Waals surface area contributed by atoms with Crippen LogP contribution >= 0.6 is 15.9 Å². The number of para-hydroxylation sites is 1. The summed E-state index contributed by atoms with van der Waals surface area (Å²) in [7, 11) is 0. The van der Waals surface area contributed by atoms with Crippen LogP contribution in [0.15, 0.2) is 52.1 Å². The van der Waals surface area contributed by atoms with Gasteiger partial charge >= 0.3 is 0 Å². The molecule has 0 aliphatic rings. The summed E-state index contributed by atoms with van der Waals surface area (Å²) in [6.45, 7) is 0. The minimum Gasteiger partial charge on any atom is -0.360 e. The van der Waals surface area contributed by atoms with Crippen LogP contribution in [0, 0.1) is 0 Å². The lowest BCUT2D eigenvalue weighted by atomic mass is 10.3. The zero-order valence-electron chi connectivity index (χ0n) is 7.44. The maximum absolute atomic E-state index is 4.35. The van der Waals surface area contributed by atoms with E-state index in [9.17, 15) is 0 Å². The molecule has 1 heterocycles. The molecule has 0 fully saturated rings. The van der Waals surface area contributed by atoms with Crippen LogP contribution in [0.5, 0.6) is 0 Å². The van der Waals surface area contributed by atoms with Crippen LogP contribution in [0.4, 0.5) is 5.69 Å². The number of hydrogen-bond acceptors (Lipinski definition) is 1. The molecule has 0 spiro atoms. The molecule has 0 aliphatic carbocycles.